The van der Waals surface area contributed by atoms with Crippen molar-refractivity contribution in [3.63, 3.8) is 0 Å². The number of nitrogens with two attached hydrogens (primary N) is 1. The van der Waals surface area contributed by atoms with Crippen LogP contribution >= 0.6 is 11.8 Å². The van der Waals surface area contributed by atoms with Crippen molar-refractivity contribution in [1.29, 1.82) is 0 Å². The van der Waals surface area contributed by atoms with E-state index in [1.54, 1.807) is 11.8 Å². The molecule has 2 N–H and O–H groups in total. The average molecular weight is 91.2 g/mol. The van der Waals surface area contributed by atoms with E-state index >= 15 is 0 Å². The quantitative estimate of drug-likeness (QED) is 0.480. The third kappa shape index (κ3) is 4.31. The smallest absolute Gasteiger partial charge is 0.0475 e. The second-order valence-corrected chi connectivity index (χ2v) is 2.16. The first kappa shape index (κ1) is 5.31. The van der Waals surface area contributed by atoms with Gasteiger partial charge in [0.25, 0.3) is 0 Å². The minimum Gasteiger partial charge on any atom is -0.320 e. The van der Waals surface area contributed by atoms with Gasteiger partial charge in [0.05, 0.1) is 0 Å². The number of rotatable bonds is 1. The van der Waals surface area contributed by atoms with Gasteiger partial charge in [0.15, 0.2) is 0 Å². The van der Waals surface area contributed by atoms with Crippen molar-refractivity contribution in [3.05, 3.63) is 0 Å². The first-order valence-corrected chi connectivity index (χ1v) is 2.84. The van der Waals surface area contributed by atoms with Gasteiger partial charge in [-0.05, 0) is 13.2 Å². The Morgan fingerprint density at radius 1 is 1.80 bits per heavy atom. The summed E-state index contributed by atoms with van der Waals surface area (Å²) in [6, 6.07) is 0. The van der Waals surface area contributed by atoms with Crippen molar-refractivity contribution in [3.8, 4) is 0 Å². The predicted octanol–water partition coefficient (Wildman–Crippen LogP) is 0.654. The molecular formula is C3H9NS. The normalized spacial score (nSPS) is 15.0. The van der Waals surface area contributed by atoms with E-state index in [1.807, 2.05) is 13.2 Å². The van der Waals surface area contributed by atoms with E-state index < -0.39 is 0 Å². The largest absolute Gasteiger partial charge is 0.320 e. The maximum absolute atomic E-state index is 5.25. The molecule has 1 unspecified atom stereocenters. The molecule has 1 atom stereocenters. The molecule has 0 aromatic rings. The van der Waals surface area contributed by atoms with E-state index in [9.17, 15) is 0 Å². The van der Waals surface area contributed by atoms with Gasteiger partial charge in [0.2, 0.25) is 0 Å². The van der Waals surface area contributed by atoms with Crippen molar-refractivity contribution in [1.82, 2.24) is 0 Å². The molecule has 0 aliphatic carbocycles. The summed E-state index contributed by atoms with van der Waals surface area (Å²) < 4.78 is 0. The zero-order chi connectivity index (χ0) is 4.28. The van der Waals surface area contributed by atoms with Crippen LogP contribution < -0.4 is 5.73 Å². The molecule has 2 heteroatoms. The Balaban J connectivity index is 2.54. The van der Waals surface area contributed by atoms with Crippen LogP contribution in [0.4, 0.5) is 0 Å². The van der Waals surface area contributed by atoms with Gasteiger partial charge in [0, 0.05) is 5.37 Å². The lowest BCUT2D eigenvalue weighted by atomic mass is 10.8. The summed E-state index contributed by atoms with van der Waals surface area (Å²) in [7, 11) is 0. The molecule has 1 nitrogen and oxygen atoms in total. The average Bonchev–Trinajstić information content (AvgIpc) is 1.38. The minimum absolute atomic E-state index is 0.301. The minimum atomic E-state index is 0.301. The molecule has 0 saturated carbocycles. The molecule has 0 heterocycles. The fourth-order valence-corrected chi connectivity index (χ4v) is 0. The van der Waals surface area contributed by atoms with Gasteiger partial charge in [-0.1, -0.05) is 0 Å². The fraction of sp³-hybridized carbons (Fsp3) is 1.00. The molecule has 0 aliphatic heterocycles. The number of thioether (sulfide) groups is 1. The van der Waals surface area contributed by atoms with Crippen molar-refractivity contribution >= 4 is 11.8 Å². The van der Waals surface area contributed by atoms with Gasteiger partial charge < -0.3 is 5.73 Å². The first-order valence-electron chi connectivity index (χ1n) is 1.55. The van der Waals surface area contributed by atoms with Crippen LogP contribution in [-0.2, 0) is 0 Å². The Morgan fingerprint density at radius 2 is 2.00 bits per heavy atom. The highest BCUT2D eigenvalue weighted by atomic mass is 32.2. The van der Waals surface area contributed by atoms with Gasteiger partial charge in [-0.25, -0.2) is 0 Å². The van der Waals surface area contributed by atoms with Crippen molar-refractivity contribution < 1.29 is 0 Å². The highest BCUT2D eigenvalue weighted by Crippen LogP contribution is 1.93. The van der Waals surface area contributed by atoms with Crippen LogP contribution in [0, 0.1) is 0 Å². The standard InChI is InChI=1S/C3H9NS/c1-3(4)5-2/h3H,4H2,1-2H3. The zero-order valence-corrected chi connectivity index (χ0v) is 4.38. The van der Waals surface area contributed by atoms with Crippen LogP contribution in [0.5, 0.6) is 0 Å². The molecule has 0 rings (SSSR count). The molecule has 5 heavy (non-hydrogen) atoms. The molecule has 0 aromatic heterocycles. The summed E-state index contributed by atoms with van der Waals surface area (Å²) in [5.74, 6) is 0. The summed E-state index contributed by atoms with van der Waals surface area (Å²) >= 11 is 1.66. The van der Waals surface area contributed by atoms with Crippen molar-refractivity contribution in [2.45, 2.75) is 12.3 Å². The molecule has 32 valence electrons. The van der Waals surface area contributed by atoms with Crippen molar-refractivity contribution in [2.75, 3.05) is 6.26 Å². The number of hydrogen-bond acceptors (Lipinski definition) is 2. The summed E-state index contributed by atoms with van der Waals surface area (Å²) in [5, 5.41) is 0.301. The van der Waals surface area contributed by atoms with E-state index in [-0.39, 0.29) is 0 Å². The Kier molecular flexibility index (Phi) is 2.70. The summed E-state index contributed by atoms with van der Waals surface area (Å²) in [6.07, 6.45) is 1.99. The predicted molar refractivity (Wildman–Crippen MR) is 27.2 cm³/mol. The maximum Gasteiger partial charge on any atom is 0.0475 e. The van der Waals surface area contributed by atoms with Crippen LogP contribution in [0.25, 0.3) is 0 Å². The maximum atomic E-state index is 5.25. The summed E-state index contributed by atoms with van der Waals surface area (Å²) in [5.41, 5.74) is 5.25. The lowest BCUT2D eigenvalue weighted by Gasteiger charge is -1.92. The third-order valence-corrected chi connectivity index (χ3v) is 1.12. The topological polar surface area (TPSA) is 26.0 Å². The highest BCUT2D eigenvalue weighted by molar-refractivity contribution is 7.99. The molecule has 0 radical (unpaired) electrons. The Bertz CT molecular complexity index is 20.9. The molecule has 0 saturated heterocycles. The lowest BCUT2D eigenvalue weighted by Crippen LogP contribution is -2.07. The van der Waals surface area contributed by atoms with E-state index in [0.29, 0.717) is 5.37 Å². The Labute approximate surface area is 36.9 Å². The second kappa shape index (κ2) is 2.54. The van der Waals surface area contributed by atoms with Gasteiger partial charge in [-0.3, -0.25) is 0 Å². The monoisotopic (exact) mass is 91.0 g/mol. The summed E-state index contributed by atoms with van der Waals surface area (Å²) in [6.45, 7) is 1.96. The van der Waals surface area contributed by atoms with Crippen LogP contribution in [0.1, 0.15) is 6.92 Å². The van der Waals surface area contributed by atoms with Crippen LogP contribution in [0.3, 0.4) is 0 Å². The second-order valence-electron chi connectivity index (χ2n) is 0.941. The molecular weight excluding hydrogens is 82.1 g/mol. The molecule has 0 spiro atoms. The Hall–Kier alpha value is 0.310. The first-order chi connectivity index (χ1) is 2.27. The van der Waals surface area contributed by atoms with Gasteiger partial charge in [0.1, 0.15) is 0 Å². The van der Waals surface area contributed by atoms with Crippen LogP contribution in [-0.4, -0.2) is 11.6 Å². The number of hydrogen-bond donors (Lipinski definition) is 1. The molecule has 0 aliphatic rings. The van der Waals surface area contributed by atoms with E-state index in [0.717, 1.165) is 0 Å². The molecule has 0 amide bonds. The van der Waals surface area contributed by atoms with Crippen LogP contribution in [0.2, 0.25) is 0 Å². The molecule has 0 bridgehead atoms. The highest BCUT2D eigenvalue weighted by Gasteiger charge is 1.79. The van der Waals surface area contributed by atoms with Gasteiger partial charge in [-0.2, -0.15) is 0 Å². The lowest BCUT2D eigenvalue weighted by molar-refractivity contribution is 1.05. The van der Waals surface area contributed by atoms with Gasteiger partial charge >= 0.3 is 0 Å². The summed E-state index contributed by atoms with van der Waals surface area (Å²) in [4.78, 5) is 0. The fourth-order valence-electron chi connectivity index (χ4n) is 0. The SMILES string of the molecule is CSC(C)N. The molecule has 0 aromatic carbocycles. The Morgan fingerprint density at radius 3 is 2.00 bits per heavy atom. The van der Waals surface area contributed by atoms with E-state index in [1.165, 1.54) is 0 Å². The molecule has 0 fully saturated rings. The van der Waals surface area contributed by atoms with Crippen molar-refractivity contribution in [2.24, 2.45) is 5.73 Å². The van der Waals surface area contributed by atoms with E-state index in [2.05, 4.69) is 0 Å². The zero-order valence-electron chi connectivity index (χ0n) is 3.56. The van der Waals surface area contributed by atoms with Gasteiger partial charge in [-0.15, -0.1) is 11.8 Å². The van der Waals surface area contributed by atoms with E-state index in [4.69, 9.17) is 5.73 Å². The van der Waals surface area contributed by atoms with Crippen LogP contribution in [0.15, 0.2) is 0 Å². The third-order valence-electron chi connectivity index (χ3n) is 0.372.